The summed E-state index contributed by atoms with van der Waals surface area (Å²) in [5, 5.41) is 11.3. The lowest BCUT2D eigenvalue weighted by molar-refractivity contribution is -0.142. The van der Waals surface area contributed by atoms with Crippen LogP contribution in [0.5, 0.6) is 5.75 Å². The van der Waals surface area contributed by atoms with Crippen molar-refractivity contribution in [3.05, 3.63) is 29.3 Å². The highest BCUT2D eigenvalue weighted by Gasteiger charge is 2.17. The molecule has 5 heteroatoms. The van der Waals surface area contributed by atoms with Gasteiger partial charge in [0.2, 0.25) is 5.91 Å². The Balaban J connectivity index is 2.42. The summed E-state index contributed by atoms with van der Waals surface area (Å²) in [6.45, 7) is 5.85. The molecule has 0 unspecified atom stereocenters. The predicted octanol–water partition coefficient (Wildman–Crippen LogP) is 2.05. The van der Waals surface area contributed by atoms with Gasteiger partial charge in [0.05, 0.1) is 13.0 Å². The molecule has 0 saturated heterocycles. The van der Waals surface area contributed by atoms with Crippen LogP contribution in [0, 0.1) is 13.8 Å². The van der Waals surface area contributed by atoms with Gasteiger partial charge >= 0.3 is 5.97 Å². The number of aryl methyl sites for hydroxylation is 2. The molecule has 0 saturated carbocycles. The third-order valence-corrected chi connectivity index (χ3v) is 2.97. The average Bonchev–Trinajstić information content (AvgIpc) is 2.39. The third kappa shape index (κ3) is 4.91. The van der Waals surface area contributed by atoms with Crippen molar-refractivity contribution in [2.75, 3.05) is 6.61 Å². The number of ether oxygens (including phenoxy) is 1. The predicted molar refractivity (Wildman–Crippen MR) is 75.9 cm³/mol. The highest BCUT2D eigenvalue weighted by molar-refractivity contribution is 5.83. The van der Waals surface area contributed by atoms with Crippen molar-refractivity contribution in [1.82, 2.24) is 5.32 Å². The zero-order valence-electron chi connectivity index (χ0n) is 12.1. The number of benzene rings is 1. The molecule has 0 heterocycles. The van der Waals surface area contributed by atoms with E-state index >= 15 is 0 Å². The minimum atomic E-state index is -1.02. The van der Waals surface area contributed by atoms with Crippen molar-refractivity contribution in [1.29, 1.82) is 0 Å². The summed E-state index contributed by atoms with van der Waals surface area (Å²) in [6, 6.07) is 5.04. The molecule has 1 aromatic rings. The molecule has 20 heavy (non-hydrogen) atoms. The Morgan fingerprint density at radius 1 is 1.35 bits per heavy atom. The molecule has 0 aliphatic rings. The molecule has 5 nitrogen and oxygen atoms in total. The van der Waals surface area contributed by atoms with E-state index in [4.69, 9.17) is 9.84 Å². The van der Waals surface area contributed by atoms with Crippen LogP contribution in [0.3, 0.4) is 0 Å². The van der Waals surface area contributed by atoms with Crippen LogP contribution in [0.2, 0.25) is 0 Å². The molecule has 0 fully saturated rings. The van der Waals surface area contributed by atoms with Crippen molar-refractivity contribution in [2.45, 2.75) is 39.7 Å². The minimum absolute atomic E-state index is 0.136. The van der Waals surface area contributed by atoms with E-state index in [0.29, 0.717) is 6.42 Å². The van der Waals surface area contributed by atoms with Gasteiger partial charge in [-0.2, -0.15) is 0 Å². The lowest BCUT2D eigenvalue weighted by Gasteiger charge is -2.13. The molecule has 0 aliphatic heterocycles. The Hall–Kier alpha value is -2.04. The van der Waals surface area contributed by atoms with Gasteiger partial charge in [-0.3, -0.25) is 4.79 Å². The SMILES string of the molecule is CC[C@H](NC(=O)CCOc1cc(C)ccc1C)C(=O)O. The molecule has 110 valence electrons. The molecule has 2 N–H and O–H groups in total. The molecule has 0 spiro atoms. The van der Waals surface area contributed by atoms with Gasteiger partial charge in [0.25, 0.3) is 0 Å². The highest BCUT2D eigenvalue weighted by atomic mass is 16.5. The van der Waals surface area contributed by atoms with Crippen LogP contribution < -0.4 is 10.1 Å². The summed E-state index contributed by atoms with van der Waals surface area (Å²) in [5.41, 5.74) is 2.10. The molecule has 1 atom stereocenters. The maximum atomic E-state index is 11.6. The first-order valence-corrected chi connectivity index (χ1v) is 6.66. The quantitative estimate of drug-likeness (QED) is 0.801. The zero-order chi connectivity index (χ0) is 15.1. The molecule has 0 aromatic heterocycles. The van der Waals surface area contributed by atoms with Crippen molar-refractivity contribution in [3.8, 4) is 5.75 Å². The maximum absolute atomic E-state index is 11.6. The van der Waals surface area contributed by atoms with E-state index in [2.05, 4.69) is 5.32 Å². The van der Waals surface area contributed by atoms with Crippen molar-refractivity contribution >= 4 is 11.9 Å². The largest absolute Gasteiger partial charge is 0.493 e. The van der Waals surface area contributed by atoms with Crippen molar-refractivity contribution in [2.24, 2.45) is 0 Å². The second-order valence-corrected chi connectivity index (χ2v) is 4.73. The lowest BCUT2D eigenvalue weighted by atomic mass is 10.1. The fraction of sp³-hybridized carbons (Fsp3) is 0.467. The van der Waals surface area contributed by atoms with E-state index < -0.39 is 12.0 Å². The van der Waals surface area contributed by atoms with Crippen LogP contribution in [-0.4, -0.2) is 29.6 Å². The normalized spacial score (nSPS) is 11.8. The Labute approximate surface area is 118 Å². The number of aliphatic carboxylic acids is 1. The Morgan fingerprint density at radius 2 is 2.05 bits per heavy atom. The molecule has 1 aromatic carbocycles. The van der Waals surface area contributed by atoms with Gasteiger partial charge in [-0.1, -0.05) is 19.1 Å². The molecule has 0 bridgehead atoms. The monoisotopic (exact) mass is 279 g/mol. The minimum Gasteiger partial charge on any atom is -0.493 e. The smallest absolute Gasteiger partial charge is 0.326 e. The number of carboxylic acid groups (broad SMARTS) is 1. The lowest BCUT2D eigenvalue weighted by Crippen LogP contribution is -2.40. The van der Waals surface area contributed by atoms with Gasteiger partial charge < -0.3 is 15.2 Å². The van der Waals surface area contributed by atoms with Crippen LogP contribution in [0.15, 0.2) is 18.2 Å². The van der Waals surface area contributed by atoms with Crippen molar-refractivity contribution < 1.29 is 19.4 Å². The topological polar surface area (TPSA) is 75.6 Å². The molecule has 1 rings (SSSR count). The van der Waals surface area contributed by atoms with E-state index in [1.54, 1.807) is 6.92 Å². The molecule has 0 aliphatic carbocycles. The number of nitrogens with one attached hydrogen (secondary N) is 1. The van der Waals surface area contributed by atoms with Crippen LogP contribution in [0.1, 0.15) is 30.9 Å². The zero-order valence-corrected chi connectivity index (χ0v) is 12.1. The number of carboxylic acids is 1. The number of rotatable bonds is 7. The summed E-state index contributed by atoms with van der Waals surface area (Å²) < 4.78 is 5.56. The van der Waals surface area contributed by atoms with Gasteiger partial charge in [0.15, 0.2) is 0 Å². The van der Waals surface area contributed by atoms with Crippen LogP contribution in [-0.2, 0) is 9.59 Å². The number of amides is 1. The molecular formula is C15H21NO4. The molecule has 1 amide bonds. The third-order valence-electron chi connectivity index (χ3n) is 2.97. The van der Waals surface area contributed by atoms with Crippen molar-refractivity contribution in [3.63, 3.8) is 0 Å². The van der Waals surface area contributed by atoms with E-state index in [0.717, 1.165) is 16.9 Å². The second kappa shape index (κ2) is 7.53. The summed E-state index contributed by atoms with van der Waals surface area (Å²) in [6.07, 6.45) is 0.496. The van der Waals surface area contributed by atoms with Crippen LogP contribution >= 0.6 is 0 Å². The number of carbonyl (C=O) groups excluding carboxylic acids is 1. The first kappa shape index (κ1) is 16.0. The molecule has 0 radical (unpaired) electrons. The number of hydrogen-bond acceptors (Lipinski definition) is 3. The standard InChI is InChI=1S/C15H21NO4/c1-4-12(15(18)19)16-14(17)7-8-20-13-9-10(2)5-6-11(13)3/h5-6,9,12H,4,7-8H2,1-3H3,(H,16,17)(H,18,19)/t12-/m0/s1. The van der Waals surface area contributed by atoms with E-state index in [-0.39, 0.29) is 18.9 Å². The number of carbonyl (C=O) groups is 2. The first-order valence-electron chi connectivity index (χ1n) is 6.66. The van der Waals surface area contributed by atoms with E-state index in [1.165, 1.54) is 0 Å². The van der Waals surface area contributed by atoms with Gasteiger partial charge in [0, 0.05) is 0 Å². The van der Waals surface area contributed by atoms with Gasteiger partial charge in [-0.25, -0.2) is 4.79 Å². The Bertz CT molecular complexity index is 485. The molecular weight excluding hydrogens is 258 g/mol. The Kier molecular flexibility index (Phi) is 6.03. The fourth-order valence-electron chi connectivity index (χ4n) is 1.72. The summed E-state index contributed by atoms with van der Waals surface area (Å²) in [5.74, 6) is -0.580. The number of hydrogen-bond donors (Lipinski definition) is 2. The van der Waals surface area contributed by atoms with Gasteiger partial charge in [0.1, 0.15) is 11.8 Å². The van der Waals surface area contributed by atoms with E-state index in [9.17, 15) is 9.59 Å². The van der Waals surface area contributed by atoms with Gasteiger partial charge in [-0.15, -0.1) is 0 Å². The summed E-state index contributed by atoms with van der Waals surface area (Å²) >= 11 is 0. The fourth-order valence-corrected chi connectivity index (χ4v) is 1.72. The van der Waals surface area contributed by atoms with Gasteiger partial charge in [-0.05, 0) is 37.5 Å². The highest BCUT2D eigenvalue weighted by Crippen LogP contribution is 2.19. The Morgan fingerprint density at radius 3 is 2.65 bits per heavy atom. The first-order chi connectivity index (χ1) is 9.43. The van der Waals surface area contributed by atoms with Crippen LogP contribution in [0.4, 0.5) is 0 Å². The second-order valence-electron chi connectivity index (χ2n) is 4.73. The average molecular weight is 279 g/mol. The van der Waals surface area contributed by atoms with E-state index in [1.807, 2.05) is 32.0 Å². The van der Waals surface area contributed by atoms with Crippen LogP contribution in [0.25, 0.3) is 0 Å². The maximum Gasteiger partial charge on any atom is 0.326 e. The summed E-state index contributed by atoms with van der Waals surface area (Å²) in [4.78, 5) is 22.4. The summed E-state index contributed by atoms with van der Waals surface area (Å²) in [7, 11) is 0.